The maximum absolute atomic E-state index is 12.5. The van der Waals surface area contributed by atoms with Gasteiger partial charge < -0.3 is 10.0 Å². The summed E-state index contributed by atoms with van der Waals surface area (Å²) in [7, 11) is 0. The predicted octanol–water partition coefficient (Wildman–Crippen LogP) is 2.80. The van der Waals surface area contributed by atoms with Gasteiger partial charge in [0.05, 0.1) is 12.5 Å². The summed E-state index contributed by atoms with van der Waals surface area (Å²) in [5.74, 6) is 0.145. The quantitative estimate of drug-likeness (QED) is 0.923. The Morgan fingerprint density at radius 1 is 1.41 bits per heavy atom. The van der Waals surface area contributed by atoms with E-state index in [-0.39, 0.29) is 11.9 Å². The molecule has 0 spiro atoms. The number of aromatic nitrogens is 1. The second-order valence-electron chi connectivity index (χ2n) is 5.68. The minimum absolute atomic E-state index is 0.145. The van der Waals surface area contributed by atoms with E-state index in [1.165, 1.54) is 0 Å². The lowest BCUT2D eigenvalue weighted by Gasteiger charge is -2.26. The first-order valence-corrected chi connectivity index (χ1v) is 8.52. The summed E-state index contributed by atoms with van der Waals surface area (Å²) in [5.41, 5.74) is 0.990. The van der Waals surface area contributed by atoms with Crippen molar-refractivity contribution in [2.24, 2.45) is 0 Å². The number of hydrogen-bond donors (Lipinski definition) is 1. The van der Waals surface area contributed by atoms with E-state index in [1.807, 2.05) is 34.5 Å². The molecule has 0 aromatic carbocycles. The molecule has 0 saturated carbocycles. The minimum Gasteiger partial charge on any atom is -0.387 e. The monoisotopic (exact) mass is 316 g/mol. The molecule has 0 radical (unpaired) electrons. The number of likely N-dealkylation sites (tertiary alicyclic amines) is 1. The zero-order valence-corrected chi connectivity index (χ0v) is 13.2. The molecule has 0 aliphatic carbocycles. The van der Waals surface area contributed by atoms with Crippen molar-refractivity contribution in [1.82, 2.24) is 9.88 Å². The fourth-order valence-corrected chi connectivity index (χ4v) is 3.77. The highest BCUT2D eigenvalue weighted by Gasteiger charge is 2.30. The van der Waals surface area contributed by atoms with E-state index in [2.05, 4.69) is 4.98 Å². The first-order chi connectivity index (χ1) is 10.7. The Labute approximate surface area is 134 Å². The standard InChI is InChI=1S/C17H20N2O2S/c20-15(16-4-2-10-22-16)12-14-3-1-9-19(14)17(21)11-13-5-7-18-8-6-13/h2,4-8,10,14-15,20H,1,3,9,11-12H2/t14-,15+/m0/s1. The van der Waals surface area contributed by atoms with Gasteiger partial charge in [0, 0.05) is 29.9 Å². The van der Waals surface area contributed by atoms with Crippen LogP contribution in [0.15, 0.2) is 42.0 Å². The van der Waals surface area contributed by atoms with Crippen LogP contribution in [-0.4, -0.2) is 33.5 Å². The van der Waals surface area contributed by atoms with E-state index in [0.29, 0.717) is 12.8 Å². The lowest BCUT2D eigenvalue weighted by atomic mass is 10.0. The van der Waals surface area contributed by atoms with Gasteiger partial charge in [0.15, 0.2) is 0 Å². The van der Waals surface area contributed by atoms with Crippen LogP contribution in [0.2, 0.25) is 0 Å². The van der Waals surface area contributed by atoms with Crippen molar-refractivity contribution in [2.45, 2.75) is 37.8 Å². The molecule has 1 saturated heterocycles. The van der Waals surface area contributed by atoms with Gasteiger partial charge in [-0.25, -0.2) is 0 Å². The molecule has 1 amide bonds. The van der Waals surface area contributed by atoms with Crippen LogP contribution in [0.3, 0.4) is 0 Å². The van der Waals surface area contributed by atoms with Crippen LogP contribution in [0.25, 0.3) is 0 Å². The number of carbonyl (C=O) groups excluding carboxylic acids is 1. The molecule has 116 valence electrons. The summed E-state index contributed by atoms with van der Waals surface area (Å²) in [6.45, 7) is 0.797. The SMILES string of the molecule is O=C(Cc1ccncc1)N1CCC[C@H]1C[C@@H](O)c1cccs1. The molecule has 22 heavy (non-hydrogen) atoms. The molecule has 1 aliphatic heterocycles. The van der Waals surface area contributed by atoms with Crippen molar-refractivity contribution in [2.75, 3.05) is 6.54 Å². The number of aliphatic hydroxyl groups excluding tert-OH is 1. The van der Waals surface area contributed by atoms with Crippen LogP contribution < -0.4 is 0 Å². The van der Waals surface area contributed by atoms with Gasteiger partial charge in [0.1, 0.15) is 0 Å². The Morgan fingerprint density at radius 2 is 2.23 bits per heavy atom. The number of pyridine rings is 1. The van der Waals surface area contributed by atoms with E-state index >= 15 is 0 Å². The number of amides is 1. The Kier molecular flexibility index (Phi) is 4.85. The maximum atomic E-state index is 12.5. The fourth-order valence-electron chi connectivity index (χ4n) is 3.04. The van der Waals surface area contributed by atoms with Crippen molar-refractivity contribution in [1.29, 1.82) is 0 Å². The Balaban J connectivity index is 1.61. The number of hydrogen-bond acceptors (Lipinski definition) is 4. The molecular weight excluding hydrogens is 296 g/mol. The van der Waals surface area contributed by atoms with Crippen LogP contribution in [-0.2, 0) is 11.2 Å². The molecule has 0 bridgehead atoms. The number of rotatable bonds is 5. The molecule has 1 aliphatic rings. The van der Waals surface area contributed by atoms with E-state index in [9.17, 15) is 9.90 Å². The highest BCUT2D eigenvalue weighted by Crippen LogP contribution is 2.29. The van der Waals surface area contributed by atoms with Crippen LogP contribution >= 0.6 is 11.3 Å². The maximum Gasteiger partial charge on any atom is 0.227 e. The molecule has 1 fully saturated rings. The van der Waals surface area contributed by atoms with Crippen molar-refractivity contribution >= 4 is 17.2 Å². The number of carbonyl (C=O) groups is 1. The highest BCUT2D eigenvalue weighted by molar-refractivity contribution is 7.10. The average molecular weight is 316 g/mol. The van der Waals surface area contributed by atoms with Gasteiger partial charge in [-0.3, -0.25) is 9.78 Å². The van der Waals surface area contributed by atoms with Crippen molar-refractivity contribution in [3.8, 4) is 0 Å². The highest BCUT2D eigenvalue weighted by atomic mass is 32.1. The van der Waals surface area contributed by atoms with E-state index < -0.39 is 6.10 Å². The molecule has 0 unspecified atom stereocenters. The molecule has 5 heteroatoms. The average Bonchev–Trinajstić information content (AvgIpc) is 3.19. The summed E-state index contributed by atoms with van der Waals surface area (Å²) in [6.07, 6.45) is 5.99. The summed E-state index contributed by atoms with van der Waals surface area (Å²) in [5, 5.41) is 12.3. The van der Waals surface area contributed by atoms with E-state index in [0.717, 1.165) is 29.8 Å². The lowest BCUT2D eigenvalue weighted by molar-refractivity contribution is -0.131. The molecule has 3 rings (SSSR count). The third kappa shape index (κ3) is 3.54. The summed E-state index contributed by atoms with van der Waals surface area (Å²) in [4.78, 5) is 19.4. The number of nitrogens with zero attached hydrogens (tertiary/aromatic N) is 2. The molecule has 2 aromatic rings. The fraction of sp³-hybridized carbons (Fsp3) is 0.412. The second kappa shape index (κ2) is 7.03. The minimum atomic E-state index is -0.473. The topological polar surface area (TPSA) is 53.4 Å². The van der Waals surface area contributed by atoms with Gasteiger partial charge in [-0.05, 0) is 48.4 Å². The summed E-state index contributed by atoms with van der Waals surface area (Å²) in [6, 6.07) is 7.80. The normalized spacial score (nSPS) is 19.3. The molecule has 3 heterocycles. The van der Waals surface area contributed by atoms with Crippen molar-refractivity contribution in [3.63, 3.8) is 0 Å². The Morgan fingerprint density at radius 3 is 2.95 bits per heavy atom. The number of aliphatic hydroxyl groups is 1. The first kappa shape index (κ1) is 15.2. The Bertz CT molecular complexity index is 600. The van der Waals surface area contributed by atoms with Gasteiger partial charge in [-0.15, -0.1) is 11.3 Å². The molecule has 2 aromatic heterocycles. The van der Waals surface area contributed by atoms with Crippen molar-refractivity contribution in [3.05, 3.63) is 52.5 Å². The Hall–Kier alpha value is -1.72. The van der Waals surface area contributed by atoms with E-state index in [1.54, 1.807) is 23.7 Å². The third-order valence-electron chi connectivity index (χ3n) is 4.17. The van der Waals surface area contributed by atoms with Crippen LogP contribution in [0.1, 0.15) is 35.8 Å². The zero-order valence-electron chi connectivity index (χ0n) is 12.4. The van der Waals surface area contributed by atoms with Gasteiger partial charge >= 0.3 is 0 Å². The van der Waals surface area contributed by atoms with Gasteiger partial charge in [0.2, 0.25) is 5.91 Å². The smallest absolute Gasteiger partial charge is 0.227 e. The lowest BCUT2D eigenvalue weighted by Crippen LogP contribution is -2.37. The summed E-state index contributed by atoms with van der Waals surface area (Å²) >= 11 is 1.57. The van der Waals surface area contributed by atoms with Gasteiger partial charge in [-0.2, -0.15) is 0 Å². The molecule has 1 N–H and O–H groups in total. The number of thiophene rings is 1. The molecule has 2 atom stereocenters. The third-order valence-corrected chi connectivity index (χ3v) is 5.14. The summed E-state index contributed by atoms with van der Waals surface area (Å²) < 4.78 is 0. The van der Waals surface area contributed by atoms with Crippen LogP contribution in [0, 0.1) is 0 Å². The van der Waals surface area contributed by atoms with Gasteiger partial charge in [-0.1, -0.05) is 6.07 Å². The van der Waals surface area contributed by atoms with Crippen molar-refractivity contribution < 1.29 is 9.90 Å². The largest absolute Gasteiger partial charge is 0.387 e. The molecular formula is C17H20N2O2S. The first-order valence-electron chi connectivity index (χ1n) is 7.64. The second-order valence-corrected chi connectivity index (χ2v) is 6.66. The van der Waals surface area contributed by atoms with Crippen LogP contribution in [0.5, 0.6) is 0 Å². The van der Waals surface area contributed by atoms with Crippen LogP contribution in [0.4, 0.5) is 0 Å². The molecule has 4 nitrogen and oxygen atoms in total. The predicted molar refractivity (Wildman–Crippen MR) is 86.6 cm³/mol. The zero-order chi connectivity index (χ0) is 15.4. The van der Waals surface area contributed by atoms with E-state index in [4.69, 9.17) is 0 Å². The van der Waals surface area contributed by atoms with Gasteiger partial charge in [0.25, 0.3) is 0 Å².